The highest BCUT2D eigenvalue weighted by atomic mass is 16.5. The molecule has 0 saturated carbocycles. The lowest BCUT2D eigenvalue weighted by atomic mass is 10.1. The largest absolute Gasteiger partial charge is 0.497 e. The van der Waals surface area contributed by atoms with Gasteiger partial charge in [0.25, 0.3) is 5.56 Å². The minimum absolute atomic E-state index is 0.0113. The third kappa shape index (κ3) is 4.80. The molecular formula is C17H21N3O5. The lowest BCUT2D eigenvalue weighted by molar-refractivity contribution is -0.121. The van der Waals surface area contributed by atoms with Crippen molar-refractivity contribution >= 4 is 5.91 Å². The number of methoxy groups -OCH3 is 2. The van der Waals surface area contributed by atoms with Crippen LogP contribution in [0.3, 0.4) is 0 Å². The maximum absolute atomic E-state index is 12.1. The van der Waals surface area contributed by atoms with E-state index >= 15 is 0 Å². The van der Waals surface area contributed by atoms with Crippen LogP contribution >= 0.6 is 0 Å². The van der Waals surface area contributed by atoms with Crippen molar-refractivity contribution in [2.75, 3.05) is 27.4 Å². The molecule has 0 atom stereocenters. The monoisotopic (exact) mass is 347 g/mol. The summed E-state index contributed by atoms with van der Waals surface area (Å²) in [6.45, 7) is 0.117. The first-order valence-electron chi connectivity index (χ1n) is 7.77. The average molecular weight is 347 g/mol. The lowest BCUT2D eigenvalue weighted by Gasteiger charge is -2.12. The summed E-state index contributed by atoms with van der Waals surface area (Å²) in [4.78, 5) is 24.0. The van der Waals surface area contributed by atoms with Gasteiger partial charge in [0.15, 0.2) is 5.75 Å². The molecule has 1 aromatic carbocycles. The third-order valence-corrected chi connectivity index (χ3v) is 3.50. The van der Waals surface area contributed by atoms with Crippen LogP contribution in [0.2, 0.25) is 0 Å². The van der Waals surface area contributed by atoms with E-state index < -0.39 is 5.56 Å². The van der Waals surface area contributed by atoms with Crippen LogP contribution in [0.25, 0.3) is 11.3 Å². The van der Waals surface area contributed by atoms with E-state index in [1.165, 1.54) is 13.2 Å². The number of benzene rings is 1. The highest BCUT2D eigenvalue weighted by Crippen LogP contribution is 2.27. The van der Waals surface area contributed by atoms with Gasteiger partial charge in [-0.05, 0) is 30.7 Å². The van der Waals surface area contributed by atoms with Gasteiger partial charge in [-0.25, -0.2) is 4.68 Å². The smallest absolute Gasteiger partial charge is 0.270 e. The summed E-state index contributed by atoms with van der Waals surface area (Å²) in [5, 5.41) is 15.6. The van der Waals surface area contributed by atoms with Gasteiger partial charge in [-0.1, -0.05) is 0 Å². The highest BCUT2D eigenvalue weighted by molar-refractivity contribution is 5.75. The van der Waals surface area contributed by atoms with Crippen LogP contribution in [0.5, 0.6) is 11.5 Å². The Morgan fingerprint density at radius 1 is 1.24 bits per heavy atom. The van der Waals surface area contributed by atoms with Crippen LogP contribution in [-0.4, -0.2) is 48.2 Å². The predicted molar refractivity (Wildman–Crippen MR) is 91.7 cm³/mol. The fraction of sp³-hybridized carbons (Fsp3) is 0.353. The molecule has 0 spiro atoms. The van der Waals surface area contributed by atoms with Gasteiger partial charge in [-0.3, -0.25) is 9.59 Å². The number of nitrogens with one attached hydrogen (secondary N) is 1. The summed E-state index contributed by atoms with van der Waals surface area (Å²) in [7, 11) is 3.03. The van der Waals surface area contributed by atoms with E-state index in [1.54, 1.807) is 31.4 Å². The minimum Gasteiger partial charge on any atom is -0.497 e. The molecule has 1 heterocycles. The molecule has 0 saturated heterocycles. The number of nitrogens with zero attached hydrogens (tertiary/aromatic N) is 2. The molecule has 8 nitrogen and oxygen atoms in total. The number of carbonyl (C=O) groups excluding carboxylic acids is 1. The first-order valence-corrected chi connectivity index (χ1v) is 7.77. The number of aliphatic hydroxyl groups excluding tert-OH is 1. The molecule has 0 fully saturated rings. The molecule has 2 N–H and O–H groups in total. The number of carbonyl (C=O) groups is 1. The maximum Gasteiger partial charge on any atom is 0.270 e. The van der Waals surface area contributed by atoms with Crippen LogP contribution in [0.15, 0.2) is 35.1 Å². The van der Waals surface area contributed by atoms with Gasteiger partial charge >= 0.3 is 0 Å². The van der Waals surface area contributed by atoms with Crippen molar-refractivity contribution in [1.82, 2.24) is 15.1 Å². The Balaban J connectivity index is 2.29. The Labute approximate surface area is 145 Å². The van der Waals surface area contributed by atoms with Gasteiger partial charge in [-0.2, -0.15) is 5.10 Å². The molecule has 0 aliphatic heterocycles. The molecule has 1 amide bonds. The first kappa shape index (κ1) is 18.5. The molecule has 0 aliphatic carbocycles. The summed E-state index contributed by atoms with van der Waals surface area (Å²) in [6.07, 6.45) is 0.452. The number of aromatic nitrogens is 2. The van der Waals surface area contributed by atoms with E-state index in [-0.39, 0.29) is 19.1 Å². The molecule has 0 unspecified atom stereocenters. The van der Waals surface area contributed by atoms with E-state index in [4.69, 9.17) is 14.6 Å². The van der Waals surface area contributed by atoms with Gasteiger partial charge in [0, 0.05) is 24.8 Å². The second kappa shape index (κ2) is 8.84. The Morgan fingerprint density at radius 3 is 2.56 bits per heavy atom. The molecule has 1 aromatic heterocycles. The number of amides is 1. The van der Waals surface area contributed by atoms with Crippen LogP contribution in [0.4, 0.5) is 0 Å². The molecule has 2 rings (SSSR count). The molecule has 134 valence electrons. The van der Waals surface area contributed by atoms with E-state index in [0.29, 0.717) is 30.2 Å². The number of aliphatic hydroxyl groups is 1. The van der Waals surface area contributed by atoms with E-state index in [9.17, 15) is 9.59 Å². The summed E-state index contributed by atoms with van der Waals surface area (Å²) in [6, 6.07) is 8.42. The third-order valence-electron chi connectivity index (χ3n) is 3.50. The Morgan fingerprint density at radius 2 is 1.96 bits per heavy atom. The van der Waals surface area contributed by atoms with E-state index in [2.05, 4.69) is 10.4 Å². The van der Waals surface area contributed by atoms with Crippen molar-refractivity contribution in [2.24, 2.45) is 0 Å². The second-order valence-corrected chi connectivity index (χ2v) is 5.21. The van der Waals surface area contributed by atoms with Crippen molar-refractivity contribution in [1.29, 1.82) is 0 Å². The molecule has 0 radical (unpaired) electrons. The normalized spacial score (nSPS) is 10.4. The molecule has 8 heteroatoms. The van der Waals surface area contributed by atoms with Crippen LogP contribution in [0, 0.1) is 0 Å². The molecular weight excluding hydrogens is 326 g/mol. The van der Waals surface area contributed by atoms with Gasteiger partial charge in [0.05, 0.1) is 14.2 Å². The minimum atomic E-state index is -0.439. The zero-order chi connectivity index (χ0) is 18.2. The fourth-order valence-corrected chi connectivity index (χ4v) is 2.19. The summed E-state index contributed by atoms with van der Waals surface area (Å²) < 4.78 is 11.4. The van der Waals surface area contributed by atoms with Gasteiger partial charge in [0.2, 0.25) is 5.91 Å². The molecule has 0 bridgehead atoms. The first-order chi connectivity index (χ1) is 12.1. The zero-order valence-electron chi connectivity index (χ0n) is 14.2. The number of hydrogen-bond donors (Lipinski definition) is 2. The summed E-state index contributed by atoms with van der Waals surface area (Å²) in [5.41, 5.74) is 0.742. The van der Waals surface area contributed by atoms with Crippen LogP contribution in [0.1, 0.15) is 6.42 Å². The maximum atomic E-state index is 12.1. The van der Waals surface area contributed by atoms with E-state index in [0.717, 1.165) is 10.2 Å². The van der Waals surface area contributed by atoms with Gasteiger partial charge in [-0.15, -0.1) is 0 Å². The predicted octanol–water partition coefficient (Wildman–Crippen LogP) is 0.426. The Bertz CT molecular complexity index is 771. The molecule has 2 aromatic rings. The van der Waals surface area contributed by atoms with E-state index in [1.807, 2.05) is 0 Å². The Kier molecular flexibility index (Phi) is 6.53. The van der Waals surface area contributed by atoms with Crippen LogP contribution < -0.4 is 20.3 Å². The zero-order valence-corrected chi connectivity index (χ0v) is 14.2. The second-order valence-electron chi connectivity index (χ2n) is 5.21. The summed E-state index contributed by atoms with van der Waals surface area (Å²) >= 11 is 0. The van der Waals surface area contributed by atoms with Crippen molar-refractivity contribution in [3.63, 3.8) is 0 Å². The quantitative estimate of drug-likeness (QED) is 0.671. The van der Waals surface area contributed by atoms with Gasteiger partial charge in [0.1, 0.15) is 18.0 Å². The topological polar surface area (TPSA) is 103 Å². The molecule has 25 heavy (non-hydrogen) atoms. The number of ether oxygens (including phenoxy) is 2. The van der Waals surface area contributed by atoms with Crippen molar-refractivity contribution in [2.45, 2.75) is 13.0 Å². The molecule has 0 aliphatic rings. The van der Waals surface area contributed by atoms with Crippen LogP contribution in [-0.2, 0) is 11.3 Å². The lowest BCUT2D eigenvalue weighted by Crippen LogP contribution is -2.34. The average Bonchev–Trinajstić information content (AvgIpc) is 2.63. The van der Waals surface area contributed by atoms with Gasteiger partial charge < -0.3 is 19.9 Å². The van der Waals surface area contributed by atoms with Crippen molar-refractivity contribution in [3.8, 4) is 22.8 Å². The highest BCUT2D eigenvalue weighted by Gasteiger charge is 2.14. The Hall–Kier alpha value is -2.87. The van der Waals surface area contributed by atoms with Crippen molar-refractivity contribution in [3.05, 3.63) is 40.7 Å². The van der Waals surface area contributed by atoms with Crippen molar-refractivity contribution < 1.29 is 19.4 Å². The standard InChI is InChI=1S/C17H21N3O5/c1-24-13-6-4-12(5-7-13)17-14(25-2)10-16(23)20(19-17)11-15(22)18-8-3-9-21/h4-7,10,21H,3,8-9,11H2,1-2H3,(H,18,22). The SMILES string of the molecule is COc1ccc(-c2nn(CC(=O)NCCCO)c(=O)cc2OC)cc1. The number of rotatable bonds is 8. The fourth-order valence-electron chi connectivity index (χ4n) is 2.19. The number of hydrogen-bond acceptors (Lipinski definition) is 6. The summed E-state index contributed by atoms with van der Waals surface area (Å²) in [5.74, 6) is 0.667.